The van der Waals surface area contributed by atoms with Crippen LogP contribution in [-0.2, 0) is 11.3 Å². The second-order valence-electron chi connectivity index (χ2n) is 3.59. The molecule has 0 aliphatic heterocycles. The Morgan fingerprint density at radius 3 is 3.11 bits per heavy atom. The first-order valence-corrected chi connectivity index (χ1v) is 6.10. The summed E-state index contributed by atoms with van der Waals surface area (Å²) in [6.45, 7) is 0.518. The third-order valence-corrected chi connectivity index (χ3v) is 3.01. The summed E-state index contributed by atoms with van der Waals surface area (Å²) < 4.78 is 5.05. The molecule has 0 amide bonds. The van der Waals surface area contributed by atoms with Gasteiger partial charge < -0.3 is 15.2 Å². The van der Waals surface area contributed by atoms with Crippen LogP contribution in [0.1, 0.15) is 16.1 Å². The average molecular weight is 264 g/mol. The van der Waals surface area contributed by atoms with Gasteiger partial charge in [0.15, 0.2) is 5.69 Å². The number of hydrogen-bond acceptors (Lipinski definition) is 5. The maximum absolute atomic E-state index is 10.9. The normalized spacial score (nSPS) is 10.3. The predicted molar refractivity (Wildman–Crippen MR) is 69.5 cm³/mol. The van der Waals surface area contributed by atoms with Crippen molar-refractivity contribution < 1.29 is 14.6 Å². The van der Waals surface area contributed by atoms with Crippen LogP contribution in [-0.4, -0.2) is 23.2 Å². The van der Waals surface area contributed by atoms with Crippen molar-refractivity contribution in [1.29, 1.82) is 0 Å². The van der Waals surface area contributed by atoms with E-state index in [1.165, 1.54) is 16.8 Å². The molecule has 0 saturated carbocycles. The summed E-state index contributed by atoms with van der Waals surface area (Å²) in [6.07, 6.45) is 0. The molecule has 1 aromatic carbocycles. The molecule has 2 N–H and O–H groups in total. The quantitative estimate of drug-likeness (QED) is 0.868. The van der Waals surface area contributed by atoms with Crippen LogP contribution in [0.4, 0.5) is 10.7 Å². The van der Waals surface area contributed by atoms with Crippen LogP contribution in [0.3, 0.4) is 0 Å². The van der Waals surface area contributed by atoms with Crippen molar-refractivity contribution >= 4 is 28.0 Å². The Bertz CT molecular complexity index is 554. The minimum atomic E-state index is -1.04. The topological polar surface area (TPSA) is 71.5 Å². The first kappa shape index (κ1) is 12.5. The number of aromatic carboxylic acids is 1. The molecule has 2 aromatic rings. The number of aromatic nitrogens is 1. The number of carbonyl (C=O) groups is 1. The first-order chi connectivity index (χ1) is 8.70. The van der Waals surface area contributed by atoms with Gasteiger partial charge in [-0.15, -0.1) is 11.3 Å². The standard InChI is InChI=1S/C12H12N2O3S/c1-17-6-8-3-2-4-9(5-8)14-11-10(12(15)16)13-7-18-11/h2-5,7,14H,6H2,1H3,(H,15,16). The van der Waals surface area contributed by atoms with Gasteiger partial charge in [0.25, 0.3) is 0 Å². The van der Waals surface area contributed by atoms with Gasteiger partial charge in [0.05, 0.1) is 12.1 Å². The second-order valence-corrected chi connectivity index (χ2v) is 4.45. The lowest BCUT2D eigenvalue weighted by Crippen LogP contribution is -2.01. The van der Waals surface area contributed by atoms with Gasteiger partial charge >= 0.3 is 5.97 Å². The summed E-state index contributed by atoms with van der Waals surface area (Å²) in [7, 11) is 1.63. The highest BCUT2D eigenvalue weighted by Gasteiger charge is 2.13. The van der Waals surface area contributed by atoms with Gasteiger partial charge in [-0.2, -0.15) is 0 Å². The molecule has 5 nitrogen and oxygen atoms in total. The summed E-state index contributed by atoms with van der Waals surface area (Å²) in [4.78, 5) is 14.7. The third kappa shape index (κ3) is 2.85. The van der Waals surface area contributed by atoms with Crippen LogP contribution in [0.25, 0.3) is 0 Å². The molecule has 94 valence electrons. The van der Waals surface area contributed by atoms with Gasteiger partial charge in [-0.1, -0.05) is 12.1 Å². The van der Waals surface area contributed by atoms with Gasteiger partial charge in [-0.05, 0) is 17.7 Å². The molecule has 1 heterocycles. The Morgan fingerprint density at radius 2 is 2.39 bits per heavy atom. The number of thiazole rings is 1. The van der Waals surface area contributed by atoms with Crippen LogP contribution >= 0.6 is 11.3 Å². The monoisotopic (exact) mass is 264 g/mol. The van der Waals surface area contributed by atoms with Gasteiger partial charge in [0, 0.05) is 12.8 Å². The molecule has 18 heavy (non-hydrogen) atoms. The Labute approximate surface area is 108 Å². The summed E-state index contributed by atoms with van der Waals surface area (Å²) in [5.74, 6) is -1.04. The highest BCUT2D eigenvalue weighted by Crippen LogP contribution is 2.25. The molecular weight excluding hydrogens is 252 g/mol. The lowest BCUT2D eigenvalue weighted by atomic mass is 10.2. The highest BCUT2D eigenvalue weighted by molar-refractivity contribution is 7.14. The fraction of sp³-hybridized carbons (Fsp3) is 0.167. The number of benzene rings is 1. The number of ether oxygens (including phenoxy) is 1. The van der Waals surface area contributed by atoms with Crippen molar-refractivity contribution in [2.75, 3.05) is 12.4 Å². The van der Waals surface area contributed by atoms with E-state index in [4.69, 9.17) is 9.84 Å². The number of anilines is 2. The number of hydrogen-bond donors (Lipinski definition) is 2. The van der Waals surface area contributed by atoms with Crippen LogP contribution in [0.5, 0.6) is 0 Å². The Kier molecular flexibility index (Phi) is 3.91. The average Bonchev–Trinajstić information content (AvgIpc) is 2.78. The zero-order valence-corrected chi connectivity index (χ0v) is 10.5. The molecule has 2 rings (SSSR count). The fourth-order valence-electron chi connectivity index (χ4n) is 1.52. The van der Waals surface area contributed by atoms with E-state index >= 15 is 0 Å². The molecule has 0 bridgehead atoms. The number of carboxylic acids is 1. The summed E-state index contributed by atoms with van der Waals surface area (Å²) in [5, 5.41) is 12.5. The summed E-state index contributed by atoms with van der Waals surface area (Å²) in [5.41, 5.74) is 3.38. The van der Waals surface area contributed by atoms with Crippen molar-refractivity contribution in [2.45, 2.75) is 6.61 Å². The number of nitrogens with one attached hydrogen (secondary N) is 1. The number of carboxylic acid groups (broad SMARTS) is 1. The van der Waals surface area contributed by atoms with E-state index in [0.717, 1.165) is 11.3 Å². The Hall–Kier alpha value is -1.92. The largest absolute Gasteiger partial charge is 0.476 e. The van der Waals surface area contributed by atoms with Gasteiger partial charge in [0.1, 0.15) is 5.00 Å². The van der Waals surface area contributed by atoms with Crippen LogP contribution in [0.2, 0.25) is 0 Å². The summed E-state index contributed by atoms with van der Waals surface area (Å²) >= 11 is 1.26. The fourth-order valence-corrected chi connectivity index (χ4v) is 2.22. The molecule has 0 spiro atoms. The van der Waals surface area contributed by atoms with E-state index in [0.29, 0.717) is 11.6 Å². The van der Waals surface area contributed by atoms with E-state index < -0.39 is 5.97 Å². The molecule has 0 atom stereocenters. The maximum Gasteiger partial charge on any atom is 0.357 e. The van der Waals surface area contributed by atoms with Crippen molar-refractivity contribution in [3.8, 4) is 0 Å². The van der Waals surface area contributed by atoms with Gasteiger partial charge in [0.2, 0.25) is 0 Å². The predicted octanol–water partition coefficient (Wildman–Crippen LogP) is 2.73. The van der Waals surface area contributed by atoms with E-state index in [-0.39, 0.29) is 5.69 Å². The van der Waals surface area contributed by atoms with Crippen LogP contribution in [0, 0.1) is 0 Å². The molecular formula is C12H12N2O3S. The first-order valence-electron chi connectivity index (χ1n) is 5.22. The van der Waals surface area contributed by atoms with Crippen molar-refractivity contribution in [1.82, 2.24) is 4.98 Å². The second kappa shape index (κ2) is 5.61. The van der Waals surface area contributed by atoms with Gasteiger partial charge in [-0.3, -0.25) is 0 Å². The van der Waals surface area contributed by atoms with E-state index in [1.54, 1.807) is 7.11 Å². The minimum absolute atomic E-state index is 0.0390. The number of nitrogens with zero attached hydrogens (tertiary/aromatic N) is 1. The molecule has 0 aliphatic rings. The van der Waals surface area contributed by atoms with Crippen molar-refractivity contribution in [3.63, 3.8) is 0 Å². The molecule has 0 unspecified atom stereocenters. The van der Waals surface area contributed by atoms with E-state index in [9.17, 15) is 4.79 Å². The van der Waals surface area contributed by atoms with Crippen molar-refractivity contribution in [3.05, 3.63) is 41.0 Å². The maximum atomic E-state index is 10.9. The third-order valence-electron chi connectivity index (χ3n) is 2.27. The molecule has 6 heteroatoms. The number of methoxy groups -OCH3 is 1. The number of rotatable bonds is 5. The molecule has 0 saturated heterocycles. The smallest absolute Gasteiger partial charge is 0.357 e. The van der Waals surface area contributed by atoms with E-state index in [2.05, 4.69) is 10.3 Å². The molecule has 0 fully saturated rings. The SMILES string of the molecule is COCc1cccc(Nc2scnc2C(=O)O)c1. The zero-order chi connectivity index (χ0) is 13.0. The highest BCUT2D eigenvalue weighted by atomic mass is 32.1. The molecule has 1 aromatic heterocycles. The van der Waals surface area contributed by atoms with Gasteiger partial charge in [-0.25, -0.2) is 9.78 Å². The van der Waals surface area contributed by atoms with Crippen LogP contribution < -0.4 is 5.32 Å². The minimum Gasteiger partial charge on any atom is -0.476 e. The molecule has 0 aliphatic carbocycles. The lowest BCUT2D eigenvalue weighted by molar-refractivity contribution is 0.0692. The molecule has 0 radical (unpaired) electrons. The van der Waals surface area contributed by atoms with Crippen molar-refractivity contribution in [2.24, 2.45) is 0 Å². The summed E-state index contributed by atoms with van der Waals surface area (Å²) in [6, 6.07) is 7.61. The van der Waals surface area contributed by atoms with Crippen LogP contribution in [0.15, 0.2) is 29.8 Å². The Balaban J connectivity index is 2.20. The van der Waals surface area contributed by atoms with E-state index in [1.807, 2.05) is 24.3 Å². The zero-order valence-electron chi connectivity index (χ0n) is 9.71. The lowest BCUT2D eigenvalue weighted by Gasteiger charge is -2.06. The Morgan fingerprint density at radius 1 is 1.56 bits per heavy atom.